The van der Waals surface area contributed by atoms with Crippen LogP contribution in [0, 0.1) is 16.7 Å². The maximum atomic E-state index is 13.7. The van der Waals surface area contributed by atoms with E-state index < -0.39 is 5.92 Å². The first kappa shape index (κ1) is 25.6. The number of Topliss-reactive ketones (excluding diaryl/α,β-unsaturated/α-hetero) is 1. The molecule has 1 aliphatic heterocycles. The number of carbonyl (C=O) groups is 1. The molecule has 190 valence electrons. The summed E-state index contributed by atoms with van der Waals surface area (Å²) < 4.78 is 7.05. The number of thioether (sulfide) groups is 1. The molecule has 37 heavy (non-hydrogen) atoms. The summed E-state index contributed by atoms with van der Waals surface area (Å²) in [4.78, 5) is 15.5. The van der Waals surface area contributed by atoms with Crippen LogP contribution in [0.4, 0.5) is 5.13 Å². The molecular formula is C27H26ClN5O2S2. The lowest BCUT2D eigenvalue weighted by atomic mass is 9.69. The summed E-state index contributed by atoms with van der Waals surface area (Å²) in [6.45, 7) is 8.29. The average molecular weight is 552 g/mol. The molecule has 2 aromatic heterocycles. The maximum Gasteiger partial charge on any atom is 0.219 e. The number of ketones is 1. The highest BCUT2D eigenvalue weighted by Crippen LogP contribution is 2.51. The minimum absolute atomic E-state index is 0.0292. The van der Waals surface area contributed by atoms with Crippen LogP contribution in [-0.2, 0) is 4.79 Å². The van der Waals surface area contributed by atoms with Gasteiger partial charge in [-0.15, -0.1) is 10.2 Å². The highest BCUT2D eigenvalue weighted by Gasteiger charge is 2.46. The standard InChI is InChI=1S/C27H26ClN5O2S2/c1-14(2)36-26-32-31-25(37-26)33-18-11-27(3,4)12-19(34)23(18)22(16(13-29)24(33)30)21-10-9-20(35-21)15-7-5-6-8-17(15)28/h5-10,14,22H,11-12,30H2,1-4H3. The van der Waals surface area contributed by atoms with Crippen LogP contribution in [0.5, 0.6) is 0 Å². The quantitative estimate of drug-likeness (QED) is 0.341. The molecule has 7 nitrogen and oxygen atoms in total. The Morgan fingerprint density at radius 1 is 1.24 bits per heavy atom. The van der Waals surface area contributed by atoms with E-state index in [0.717, 1.165) is 15.6 Å². The second kappa shape index (κ2) is 9.67. The number of nitrogens with two attached hydrogens (primary N) is 1. The van der Waals surface area contributed by atoms with Gasteiger partial charge in [0.25, 0.3) is 0 Å². The van der Waals surface area contributed by atoms with Crippen LogP contribution in [-0.4, -0.2) is 21.2 Å². The monoisotopic (exact) mass is 551 g/mol. The number of hydrogen-bond acceptors (Lipinski definition) is 9. The minimum atomic E-state index is -0.714. The van der Waals surface area contributed by atoms with Crippen molar-refractivity contribution in [3.63, 3.8) is 0 Å². The zero-order valence-electron chi connectivity index (χ0n) is 20.9. The molecule has 1 unspecified atom stereocenters. The van der Waals surface area contributed by atoms with Gasteiger partial charge in [0, 0.05) is 28.5 Å². The number of furan rings is 1. The molecule has 0 bridgehead atoms. The molecule has 2 aliphatic rings. The van der Waals surface area contributed by atoms with Crippen molar-refractivity contribution < 1.29 is 9.21 Å². The van der Waals surface area contributed by atoms with E-state index in [1.54, 1.807) is 28.8 Å². The summed E-state index contributed by atoms with van der Waals surface area (Å²) in [5.41, 5.74) is 8.67. The van der Waals surface area contributed by atoms with Gasteiger partial charge in [0.05, 0.1) is 22.6 Å². The van der Waals surface area contributed by atoms with Gasteiger partial charge in [-0.1, -0.05) is 74.5 Å². The molecule has 5 rings (SSSR count). The Morgan fingerprint density at radius 3 is 2.70 bits per heavy atom. The summed E-state index contributed by atoms with van der Waals surface area (Å²) in [6.07, 6.45) is 0.950. The largest absolute Gasteiger partial charge is 0.460 e. The minimum Gasteiger partial charge on any atom is -0.460 e. The summed E-state index contributed by atoms with van der Waals surface area (Å²) in [5.74, 6) is 0.531. The van der Waals surface area contributed by atoms with Gasteiger partial charge < -0.3 is 10.2 Å². The predicted molar refractivity (Wildman–Crippen MR) is 147 cm³/mol. The van der Waals surface area contributed by atoms with Crippen molar-refractivity contribution in [3.05, 3.63) is 69.8 Å². The molecule has 0 saturated carbocycles. The van der Waals surface area contributed by atoms with Gasteiger partial charge in [0.2, 0.25) is 5.13 Å². The first-order valence-electron chi connectivity index (χ1n) is 11.9. The van der Waals surface area contributed by atoms with Gasteiger partial charge in [0.15, 0.2) is 10.1 Å². The normalized spacial score (nSPS) is 19.4. The van der Waals surface area contributed by atoms with Gasteiger partial charge in [-0.05, 0) is 36.1 Å². The van der Waals surface area contributed by atoms with E-state index in [1.165, 1.54) is 11.3 Å². The molecule has 1 aliphatic carbocycles. The van der Waals surface area contributed by atoms with Crippen LogP contribution in [0.1, 0.15) is 52.2 Å². The van der Waals surface area contributed by atoms with E-state index in [-0.39, 0.29) is 22.6 Å². The highest BCUT2D eigenvalue weighted by molar-refractivity contribution is 8.01. The zero-order valence-corrected chi connectivity index (χ0v) is 23.3. The van der Waals surface area contributed by atoms with E-state index in [2.05, 4.69) is 44.0 Å². The van der Waals surface area contributed by atoms with Crippen molar-refractivity contribution in [3.8, 4) is 17.4 Å². The number of nitriles is 1. The topological polar surface area (TPSA) is 109 Å². The molecule has 10 heteroatoms. The molecule has 1 aromatic carbocycles. The predicted octanol–water partition coefficient (Wildman–Crippen LogP) is 6.89. The number of aromatic nitrogens is 2. The number of benzene rings is 1. The smallest absolute Gasteiger partial charge is 0.219 e. The van der Waals surface area contributed by atoms with Crippen LogP contribution in [0.25, 0.3) is 11.3 Å². The highest BCUT2D eigenvalue weighted by atomic mass is 35.5. The Morgan fingerprint density at radius 2 is 2.00 bits per heavy atom. The molecule has 2 N–H and O–H groups in total. The Balaban J connectivity index is 1.67. The molecule has 0 saturated heterocycles. The number of anilines is 1. The molecule has 0 amide bonds. The second-order valence-corrected chi connectivity index (χ2v) is 13.4. The lowest BCUT2D eigenvalue weighted by Crippen LogP contribution is -2.42. The summed E-state index contributed by atoms with van der Waals surface area (Å²) >= 11 is 9.40. The average Bonchev–Trinajstić information content (AvgIpc) is 3.47. The molecule has 0 fully saturated rings. The first-order valence-corrected chi connectivity index (χ1v) is 14.0. The summed E-state index contributed by atoms with van der Waals surface area (Å²) in [5, 5.41) is 20.4. The molecule has 0 spiro atoms. The van der Waals surface area contributed by atoms with Crippen LogP contribution in [0.3, 0.4) is 0 Å². The molecule has 0 radical (unpaired) electrons. The Kier molecular flexibility index (Phi) is 6.69. The fraction of sp³-hybridized carbons (Fsp3) is 0.333. The SMILES string of the molecule is CC(C)Sc1nnc(N2C(N)=C(C#N)C(c3ccc(-c4ccccc4Cl)o3)C3=C2CC(C)(C)CC3=O)s1. The van der Waals surface area contributed by atoms with Crippen LogP contribution in [0.2, 0.25) is 5.02 Å². The number of hydrogen-bond donors (Lipinski definition) is 1. The van der Waals surface area contributed by atoms with Gasteiger partial charge >= 0.3 is 0 Å². The van der Waals surface area contributed by atoms with Gasteiger partial charge in [0.1, 0.15) is 17.3 Å². The maximum absolute atomic E-state index is 13.7. The molecule has 1 atom stereocenters. The first-order chi connectivity index (χ1) is 17.6. The molecule has 3 aromatic rings. The van der Waals surface area contributed by atoms with Crippen molar-refractivity contribution in [2.45, 2.75) is 56.0 Å². The zero-order chi connectivity index (χ0) is 26.5. The van der Waals surface area contributed by atoms with Crippen molar-refractivity contribution in [2.24, 2.45) is 11.1 Å². The lowest BCUT2D eigenvalue weighted by Gasteiger charge is -2.42. The second-order valence-electron chi connectivity index (χ2n) is 10.2. The van der Waals surface area contributed by atoms with Gasteiger partial charge in [-0.25, -0.2) is 0 Å². The number of nitrogens with zero attached hydrogens (tertiary/aromatic N) is 4. The van der Waals surface area contributed by atoms with E-state index in [0.29, 0.717) is 45.3 Å². The third-order valence-corrected chi connectivity index (χ3v) is 8.68. The Bertz CT molecular complexity index is 1490. The summed E-state index contributed by atoms with van der Waals surface area (Å²) in [7, 11) is 0. The molecule has 3 heterocycles. The Hall–Kier alpha value is -3.06. The molecular weight excluding hydrogens is 526 g/mol. The van der Waals surface area contributed by atoms with Crippen LogP contribution in [0.15, 0.2) is 67.8 Å². The van der Waals surface area contributed by atoms with Crippen LogP contribution >= 0.6 is 34.7 Å². The number of rotatable bonds is 5. The van der Waals surface area contributed by atoms with Crippen molar-refractivity contribution in [1.82, 2.24) is 10.2 Å². The van der Waals surface area contributed by atoms with E-state index >= 15 is 0 Å². The number of halogens is 1. The van der Waals surface area contributed by atoms with E-state index in [1.807, 2.05) is 24.3 Å². The third-order valence-electron chi connectivity index (χ3n) is 6.36. The van der Waals surface area contributed by atoms with Crippen molar-refractivity contribution >= 4 is 45.6 Å². The number of carbonyl (C=O) groups excluding carboxylic acids is 1. The number of allylic oxidation sites excluding steroid dienone is 3. The van der Waals surface area contributed by atoms with E-state index in [9.17, 15) is 10.1 Å². The van der Waals surface area contributed by atoms with Gasteiger partial charge in [-0.2, -0.15) is 5.26 Å². The van der Waals surface area contributed by atoms with Crippen molar-refractivity contribution in [1.29, 1.82) is 5.26 Å². The van der Waals surface area contributed by atoms with Crippen LogP contribution < -0.4 is 10.6 Å². The van der Waals surface area contributed by atoms with Gasteiger partial charge in [-0.3, -0.25) is 9.69 Å². The fourth-order valence-corrected chi connectivity index (χ4v) is 7.20. The van der Waals surface area contributed by atoms with Crippen molar-refractivity contribution in [2.75, 3.05) is 4.90 Å². The third kappa shape index (κ3) is 4.70. The van der Waals surface area contributed by atoms with E-state index in [4.69, 9.17) is 21.8 Å². The Labute approximate surface area is 229 Å². The fourth-order valence-electron chi connectivity index (χ4n) is 4.87. The summed E-state index contributed by atoms with van der Waals surface area (Å²) in [6, 6.07) is 13.3. The lowest BCUT2D eigenvalue weighted by molar-refractivity contribution is -0.118.